The maximum Gasteiger partial charge on any atom is 0.191 e. The molecule has 0 saturated carbocycles. The monoisotopic (exact) mass is 419 g/mol. The minimum absolute atomic E-state index is 0.309. The highest BCUT2D eigenvalue weighted by molar-refractivity contribution is 7.98. The Hall–Kier alpha value is -2.05. The van der Waals surface area contributed by atoms with Gasteiger partial charge < -0.3 is 9.30 Å². The van der Waals surface area contributed by atoms with Gasteiger partial charge in [0.2, 0.25) is 0 Å². The summed E-state index contributed by atoms with van der Waals surface area (Å²) in [5.41, 5.74) is 1.75. The largest absolute Gasteiger partial charge is 0.486 e. The molecule has 0 aliphatic carbocycles. The van der Waals surface area contributed by atoms with Gasteiger partial charge in [-0.1, -0.05) is 55.4 Å². The smallest absolute Gasteiger partial charge is 0.191 e. The lowest BCUT2D eigenvalue weighted by atomic mass is 10.0. The van der Waals surface area contributed by atoms with Crippen molar-refractivity contribution in [2.24, 2.45) is 0 Å². The fourth-order valence-electron chi connectivity index (χ4n) is 2.75. The van der Waals surface area contributed by atoms with E-state index in [1.807, 2.05) is 23.6 Å². The van der Waals surface area contributed by atoms with Crippen LogP contribution in [0.5, 0.6) is 5.75 Å². The van der Waals surface area contributed by atoms with Gasteiger partial charge in [-0.15, -0.1) is 10.2 Å². The molecular weight excluding hydrogens is 397 g/mol. The van der Waals surface area contributed by atoms with Gasteiger partial charge in [-0.3, -0.25) is 0 Å². The summed E-state index contributed by atoms with van der Waals surface area (Å²) in [5, 5.41) is 9.62. The summed E-state index contributed by atoms with van der Waals surface area (Å²) < 4.78 is 21.8. The summed E-state index contributed by atoms with van der Waals surface area (Å²) in [5.74, 6) is 2.09. The fraction of sp³-hybridized carbons (Fsp3) is 0.333. The van der Waals surface area contributed by atoms with Crippen LogP contribution in [0.15, 0.2) is 47.6 Å². The van der Waals surface area contributed by atoms with Crippen LogP contribution in [0.1, 0.15) is 43.6 Å². The summed E-state index contributed by atoms with van der Waals surface area (Å²) in [4.78, 5) is 0. The van der Waals surface area contributed by atoms with E-state index in [2.05, 4.69) is 36.2 Å². The van der Waals surface area contributed by atoms with Crippen molar-refractivity contribution < 1.29 is 9.13 Å². The highest BCUT2D eigenvalue weighted by atomic mass is 35.5. The molecule has 7 heteroatoms. The Morgan fingerprint density at radius 1 is 1.14 bits per heavy atom. The van der Waals surface area contributed by atoms with Crippen LogP contribution in [-0.4, -0.2) is 14.8 Å². The number of halogens is 2. The van der Waals surface area contributed by atoms with Crippen LogP contribution in [0.25, 0.3) is 0 Å². The maximum absolute atomic E-state index is 14.0. The second-order valence-electron chi connectivity index (χ2n) is 6.64. The number of rotatable bonds is 8. The lowest BCUT2D eigenvalue weighted by Gasteiger charge is -2.10. The lowest BCUT2D eigenvalue weighted by molar-refractivity contribution is 0.288. The molecule has 0 N–H and O–H groups in total. The van der Waals surface area contributed by atoms with E-state index in [0.29, 0.717) is 35.4 Å². The van der Waals surface area contributed by atoms with Gasteiger partial charge in [-0.25, -0.2) is 4.39 Å². The van der Waals surface area contributed by atoms with Crippen molar-refractivity contribution in [1.82, 2.24) is 14.8 Å². The lowest BCUT2D eigenvalue weighted by Crippen LogP contribution is -2.07. The average molecular weight is 420 g/mol. The molecule has 148 valence electrons. The zero-order valence-corrected chi connectivity index (χ0v) is 17.7. The Morgan fingerprint density at radius 3 is 2.54 bits per heavy atom. The van der Waals surface area contributed by atoms with E-state index in [1.54, 1.807) is 12.1 Å². The zero-order valence-electron chi connectivity index (χ0n) is 16.2. The first kappa shape index (κ1) is 20.7. The maximum atomic E-state index is 14.0. The molecule has 0 aliphatic heterocycles. The first-order valence-electron chi connectivity index (χ1n) is 9.20. The SMILES string of the molecule is CCn1c(COc2ccc(C(C)C)cc2)nnc1SCc1c(F)cccc1Cl. The number of aromatic nitrogens is 3. The van der Waals surface area contributed by atoms with E-state index in [4.69, 9.17) is 16.3 Å². The number of ether oxygens (including phenoxy) is 1. The molecule has 1 heterocycles. The van der Waals surface area contributed by atoms with Crippen LogP contribution in [-0.2, 0) is 18.9 Å². The van der Waals surface area contributed by atoms with Crippen LogP contribution >= 0.6 is 23.4 Å². The third-order valence-electron chi connectivity index (χ3n) is 4.43. The topological polar surface area (TPSA) is 39.9 Å². The summed E-state index contributed by atoms with van der Waals surface area (Å²) in [7, 11) is 0. The van der Waals surface area contributed by atoms with Crippen molar-refractivity contribution in [3.63, 3.8) is 0 Å². The highest BCUT2D eigenvalue weighted by Gasteiger charge is 2.14. The number of benzene rings is 2. The van der Waals surface area contributed by atoms with Gasteiger partial charge in [-0.2, -0.15) is 0 Å². The second kappa shape index (κ2) is 9.43. The normalized spacial score (nSPS) is 11.2. The molecule has 4 nitrogen and oxygen atoms in total. The van der Waals surface area contributed by atoms with Crippen LogP contribution in [0, 0.1) is 5.82 Å². The molecule has 0 aliphatic rings. The molecule has 2 aromatic carbocycles. The number of thioether (sulfide) groups is 1. The number of nitrogens with zero attached hydrogens (tertiary/aromatic N) is 3. The van der Waals surface area contributed by atoms with Crippen molar-refractivity contribution in [3.8, 4) is 5.75 Å². The second-order valence-corrected chi connectivity index (χ2v) is 7.99. The summed E-state index contributed by atoms with van der Waals surface area (Å²) >= 11 is 7.52. The van der Waals surface area contributed by atoms with Crippen molar-refractivity contribution >= 4 is 23.4 Å². The van der Waals surface area contributed by atoms with Gasteiger partial charge in [0.25, 0.3) is 0 Å². The molecule has 0 bridgehead atoms. The number of hydrogen-bond acceptors (Lipinski definition) is 4. The predicted molar refractivity (Wildman–Crippen MR) is 112 cm³/mol. The number of hydrogen-bond donors (Lipinski definition) is 0. The predicted octanol–water partition coefficient (Wildman–Crippen LogP) is 6.09. The van der Waals surface area contributed by atoms with Crippen LogP contribution in [0.2, 0.25) is 5.02 Å². The molecular formula is C21H23ClFN3OS. The fourth-order valence-corrected chi connectivity index (χ4v) is 4.12. The van der Waals surface area contributed by atoms with Gasteiger partial charge in [0.05, 0.1) is 0 Å². The van der Waals surface area contributed by atoms with E-state index in [-0.39, 0.29) is 5.82 Å². The quantitative estimate of drug-likeness (QED) is 0.414. The Balaban J connectivity index is 1.66. The molecule has 0 atom stereocenters. The molecule has 3 rings (SSSR count). The van der Waals surface area contributed by atoms with Crippen molar-refractivity contribution in [3.05, 3.63) is 70.3 Å². The molecule has 0 spiro atoms. The van der Waals surface area contributed by atoms with Crippen LogP contribution in [0.3, 0.4) is 0 Å². The van der Waals surface area contributed by atoms with E-state index < -0.39 is 0 Å². The average Bonchev–Trinajstić information content (AvgIpc) is 3.08. The molecule has 3 aromatic rings. The van der Waals surface area contributed by atoms with E-state index in [9.17, 15) is 4.39 Å². The summed E-state index contributed by atoms with van der Waals surface area (Å²) in [6, 6.07) is 12.8. The third kappa shape index (κ3) is 4.86. The molecule has 0 amide bonds. The van der Waals surface area contributed by atoms with Crippen molar-refractivity contribution in [2.75, 3.05) is 0 Å². The van der Waals surface area contributed by atoms with Gasteiger partial charge in [-0.05, 0) is 42.7 Å². The minimum Gasteiger partial charge on any atom is -0.486 e. The summed E-state index contributed by atoms with van der Waals surface area (Å²) in [6.07, 6.45) is 0. The third-order valence-corrected chi connectivity index (χ3v) is 5.78. The molecule has 0 unspecified atom stereocenters. The van der Waals surface area contributed by atoms with Gasteiger partial charge in [0.15, 0.2) is 11.0 Å². The van der Waals surface area contributed by atoms with Gasteiger partial charge in [0.1, 0.15) is 18.2 Å². The molecule has 0 radical (unpaired) electrons. The summed E-state index contributed by atoms with van der Waals surface area (Å²) in [6.45, 7) is 7.36. The van der Waals surface area contributed by atoms with Crippen molar-refractivity contribution in [2.45, 2.75) is 50.8 Å². The molecule has 0 saturated heterocycles. The van der Waals surface area contributed by atoms with Crippen molar-refractivity contribution in [1.29, 1.82) is 0 Å². The first-order chi connectivity index (χ1) is 13.5. The van der Waals surface area contributed by atoms with Crippen LogP contribution < -0.4 is 4.74 Å². The Labute approximate surface area is 174 Å². The van der Waals surface area contributed by atoms with E-state index >= 15 is 0 Å². The van der Waals surface area contributed by atoms with E-state index in [0.717, 1.165) is 16.7 Å². The molecule has 28 heavy (non-hydrogen) atoms. The highest BCUT2D eigenvalue weighted by Crippen LogP contribution is 2.28. The Bertz CT molecular complexity index is 908. The van der Waals surface area contributed by atoms with Crippen LogP contribution in [0.4, 0.5) is 4.39 Å². The molecule has 0 fully saturated rings. The first-order valence-corrected chi connectivity index (χ1v) is 10.6. The van der Waals surface area contributed by atoms with Gasteiger partial charge in [0, 0.05) is 22.9 Å². The zero-order chi connectivity index (χ0) is 20.1. The Morgan fingerprint density at radius 2 is 1.89 bits per heavy atom. The minimum atomic E-state index is -0.309. The standard InChI is InChI=1S/C21H23ClFN3OS/c1-4-26-20(12-27-16-10-8-15(9-11-16)14(2)3)24-25-21(26)28-13-17-18(22)6-5-7-19(17)23/h5-11,14H,4,12-13H2,1-3H3. The van der Waals surface area contributed by atoms with Gasteiger partial charge >= 0.3 is 0 Å². The van der Waals surface area contributed by atoms with E-state index in [1.165, 1.54) is 23.4 Å². The molecule has 1 aromatic heterocycles. The Kier molecular flexibility index (Phi) is 6.97.